The average molecular weight is 394 g/mol. The molecule has 0 spiro atoms. The molecule has 0 aliphatic rings. The summed E-state index contributed by atoms with van der Waals surface area (Å²) in [5.41, 5.74) is 4.43. The quantitative estimate of drug-likeness (QED) is 0.465. The van der Waals surface area contributed by atoms with E-state index < -0.39 is 0 Å². The molecule has 0 amide bonds. The molecule has 0 aliphatic heterocycles. The van der Waals surface area contributed by atoms with Crippen LogP contribution in [0.1, 0.15) is 11.3 Å². The van der Waals surface area contributed by atoms with Crippen LogP contribution >= 0.6 is 11.6 Å². The maximum atomic E-state index is 13.1. The van der Waals surface area contributed by atoms with Crippen molar-refractivity contribution < 1.29 is 9.13 Å². The molecule has 0 radical (unpaired) electrons. The zero-order chi connectivity index (χ0) is 19.5. The van der Waals surface area contributed by atoms with Gasteiger partial charge in [0.15, 0.2) is 0 Å². The van der Waals surface area contributed by atoms with E-state index in [4.69, 9.17) is 16.3 Å². The van der Waals surface area contributed by atoms with E-state index >= 15 is 0 Å². The Labute approximate surface area is 167 Å². The van der Waals surface area contributed by atoms with Crippen molar-refractivity contribution in [2.75, 3.05) is 0 Å². The van der Waals surface area contributed by atoms with Crippen LogP contribution < -0.4 is 4.74 Å². The summed E-state index contributed by atoms with van der Waals surface area (Å²) in [6.07, 6.45) is 3.44. The third-order valence-corrected chi connectivity index (χ3v) is 4.55. The number of hydrogen-bond donors (Lipinski definition) is 1. The molecule has 4 aromatic rings. The molecule has 0 saturated carbocycles. The number of imidazole rings is 1. The lowest BCUT2D eigenvalue weighted by atomic mass is 10.1. The van der Waals surface area contributed by atoms with Gasteiger partial charge in [-0.2, -0.15) is 0 Å². The van der Waals surface area contributed by atoms with Gasteiger partial charge in [0.05, 0.1) is 16.4 Å². The smallest absolute Gasteiger partial charge is 0.138 e. The van der Waals surface area contributed by atoms with E-state index in [9.17, 15) is 4.39 Å². The Hall–Kier alpha value is -3.18. The fraction of sp³-hybridized carbons (Fsp3) is 0.0909. The fourth-order valence-electron chi connectivity index (χ4n) is 2.84. The molecule has 2 aromatic carbocycles. The van der Waals surface area contributed by atoms with Crippen molar-refractivity contribution >= 4 is 11.6 Å². The number of pyridine rings is 1. The molecule has 0 fully saturated rings. The summed E-state index contributed by atoms with van der Waals surface area (Å²) in [5, 5.41) is 0.600. The Morgan fingerprint density at radius 2 is 1.82 bits per heavy atom. The molecule has 2 aromatic heterocycles. The topological polar surface area (TPSA) is 50.8 Å². The van der Waals surface area contributed by atoms with E-state index in [1.54, 1.807) is 24.4 Å². The molecule has 2 heterocycles. The molecule has 0 bridgehead atoms. The minimum atomic E-state index is -0.268. The first-order valence-electron chi connectivity index (χ1n) is 8.74. The van der Waals surface area contributed by atoms with E-state index in [0.717, 1.165) is 33.8 Å². The van der Waals surface area contributed by atoms with Crippen LogP contribution in [-0.4, -0.2) is 15.0 Å². The Bertz CT molecular complexity index is 1090. The molecule has 0 unspecified atom stereocenters. The van der Waals surface area contributed by atoms with Crippen molar-refractivity contribution in [3.8, 4) is 28.4 Å². The Morgan fingerprint density at radius 3 is 2.54 bits per heavy atom. The van der Waals surface area contributed by atoms with Gasteiger partial charge in [-0.3, -0.25) is 4.98 Å². The molecule has 0 aliphatic carbocycles. The van der Waals surface area contributed by atoms with E-state index in [1.807, 2.05) is 37.4 Å². The average Bonchev–Trinajstić information content (AvgIpc) is 3.19. The number of aromatic amines is 1. The molecule has 4 rings (SSSR count). The van der Waals surface area contributed by atoms with Crippen LogP contribution in [0.25, 0.3) is 22.6 Å². The molecule has 28 heavy (non-hydrogen) atoms. The molecule has 140 valence electrons. The fourth-order valence-corrected chi connectivity index (χ4v) is 2.95. The van der Waals surface area contributed by atoms with Gasteiger partial charge in [0, 0.05) is 23.5 Å². The standard InChI is InChI=1S/C22H17ClFN3O/c1-14-10-16(4-9-21(14)28-13-19-8-5-17(23)11-25-19)20-12-26-22(27-20)15-2-6-18(24)7-3-15/h2-12H,13H2,1H3,(H,26,27). The number of rotatable bonds is 5. The van der Waals surface area contributed by atoms with Crippen LogP contribution in [0.2, 0.25) is 5.02 Å². The zero-order valence-corrected chi connectivity index (χ0v) is 15.9. The number of nitrogens with one attached hydrogen (secondary N) is 1. The Morgan fingerprint density at radius 1 is 1.04 bits per heavy atom. The second-order valence-electron chi connectivity index (χ2n) is 6.38. The summed E-state index contributed by atoms with van der Waals surface area (Å²) in [6.45, 7) is 2.36. The second-order valence-corrected chi connectivity index (χ2v) is 6.81. The molecule has 0 atom stereocenters. The summed E-state index contributed by atoms with van der Waals surface area (Å²) in [7, 11) is 0. The van der Waals surface area contributed by atoms with Gasteiger partial charge in [-0.1, -0.05) is 11.6 Å². The summed E-state index contributed by atoms with van der Waals surface area (Å²) in [4.78, 5) is 12.0. The van der Waals surface area contributed by atoms with Crippen LogP contribution in [0.4, 0.5) is 4.39 Å². The second kappa shape index (κ2) is 7.82. The van der Waals surface area contributed by atoms with Gasteiger partial charge in [-0.15, -0.1) is 0 Å². The predicted octanol–water partition coefficient (Wildman–Crippen LogP) is 5.82. The van der Waals surface area contributed by atoms with Crippen molar-refractivity contribution in [2.45, 2.75) is 13.5 Å². The van der Waals surface area contributed by atoms with Crippen LogP contribution in [-0.2, 0) is 6.61 Å². The van der Waals surface area contributed by atoms with Gasteiger partial charge in [-0.25, -0.2) is 9.37 Å². The SMILES string of the molecule is Cc1cc(-c2c[nH]c(-c3ccc(F)cc3)n2)ccc1OCc1ccc(Cl)cn1. The van der Waals surface area contributed by atoms with Crippen LogP contribution in [0.5, 0.6) is 5.75 Å². The number of H-pyrrole nitrogens is 1. The Balaban J connectivity index is 1.50. The summed E-state index contributed by atoms with van der Waals surface area (Å²) >= 11 is 5.85. The molecule has 4 nitrogen and oxygen atoms in total. The minimum absolute atomic E-state index is 0.268. The van der Waals surface area contributed by atoms with Crippen molar-refractivity contribution in [1.29, 1.82) is 0 Å². The summed E-state index contributed by atoms with van der Waals surface area (Å²) < 4.78 is 19.0. The third kappa shape index (κ3) is 4.05. The van der Waals surface area contributed by atoms with Crippen LogP contribution in [0.3, 0.4) is 0 Å². The van der Waals surface area contributed by atoms with Gasteiger partial charge in [-0.05, 0) is 67.1 Å². The normalized spacial score (nSPS) is 10.8. The summed E-state index contributed by atoms with van der Waals surface area (Å²) in [6, 6.07) is 15.8. The zero-order valence-electron chi connectivity index (χ0n) is 15.1. The predicted molar refractivity (Wildman–Crippen MR) is 108 cm³/mol. The lowest BCUT2D eigenvalue weighted by Gasteiger charge is -2.10. The van der Waals surface area contributed by atoms with E-state index in [0.29, 0.717) is 17.5 Å². The van der Waals surface area contributed by atoms with Gasteiger partial charge >= 0.3 is 0 Å². The lowest BCUT2D eigenvalue weighted by molar-refractivity contribution is 0.299. The number of halogens is 2. The monoisotopic (exact) mass is 393 g/mol. The lowest BCUT2D eigenvalue weighted by Crippen LogP contribution is -1.99. The number of aromatic nitrogens is 3. The molecular formula is C22H17ClFN3O. The first-order chi connectivity index (χ1) is 13.6. The van der Waals surface area contributed by atoms with E-state index in [1.165, 1.54) is 12.1 Å². The minimum Gasteiger partial charge on any atom is -0.487 e. The first kappa shape index (κ1) is 18.2. The largest absolute Gasteiger partial charge is 0.487 e. The highest BCUT2D eigenvalue weighted by Gasteiger charge is 2.09. The van der Waals surface area contributed by atoms with Crippen molar-refractivity contribution in [2.24, 2.45) is 0 Å². The van der Waals surface area contributed by atoms with Gasteiger partial charge in [0.1, 0.15) is 24.0 Å². The number of ether oxygens (including phenoxy) is 1. The van der Waals surface area contributed by atoms with Crippen molar-refractivity contribution in [3.05, 3.63) is 89.1 Å². The summed E-state index contributed by atoms with van der Waals surface area (Å²) in [5.74, 6) is 1.21. The third-order valence-electron chi connectivity index (χ3n) is 4.33. The highest BCUT2D eigenvalue weighted by molar-refractivity contribution is 6.30. The number of hydrogen-bond acceptors (Lipinski definition) is 3. The first-order valence-corrected chi connectivity index (χ1v) is 9.12. The molecular weight excluding hydrogens is 377 g/mol. The van der Waals surface area contributed by atoms with Gasteiger partial charge < -0.3 is 9.72 Å². The van der Waals surface area contributed by atoms with Gasteiger partial charge in [0.2, 0.25) is 0 Å². The molecule has 0 saturated heterocycles. The van der Waals surface area contributed by atoms with E-state index in [2.05, 4.69) is 15.0 Å². The van der Waals surface area contributed by atoms with E-state index in [-0.39, 0.29) is 5.82 Å². The maximum absolute atomic E-state index is 13.1. The number of benzene rings is 2. The molecule has 1 N–H and O–H groups in total. The highest BCUT2D eigenvalue weighted by atomic mass is 35.5. The highest BCUT2D eigenvalue weighted by Crippen LogP contribution is 2.27. The Kier molecular flexibility index (Phi) is 5.08. The van der Waals surface area contributed by atoms with Crippen molar-refractivity contribution in [1.82, 2.24) is 15.0 Å². The number of aryl methyl sites for hydroxylation is 1. The van der Waals surface area contributed by atoms with Gasteiger partial charge in [0.25, 0.3) is 0 Å². The van der Waals surface area contributed by atoms with Crippen molar-refractivity contribution in [3.63, 3.8) is 0 Å². The van der Waals surface area contributed by atoms with Crippen LogP contribution in [0.15, 0.2) is 67.0 Å². The van der Waals surface area contributed by atoms with Crippen LogP contribution in [0, 0.1) is 12.7 Å². The molecule has 6 heteroatoms. The maximum Gasteiger partial charge on any atom is 0.138 e. The number of nitrogens with zero attached hydrogens (tertiary/aromatic N) is 2.